The van der Waals surface area contributed by atoms with Crippen molar-refractivity contribution in [1.82, 2.24) is 5.32 Å². The number of rotatable bonds is 5. The van der Waals surface area contributed by atoms with Gasteiger partial charge in [0, 0.05) is 5.56 Å². The number of carbonyl (C=O) groups excluding carboxylic acids is 1. The molecule has 1 aliphatic rings. The molecule has 5 nitrogen and oxygen atoms in total. The molecule has 1 amide bonds. The minimum atomic E-state index is -0.332. The Morgan fingerprint density at radius 1 is 1.53 bits per heavy atom. The molecular formula is C13H17ClN2O3. The Balaban J connectivity index is 2.05. The standard InChI is InChI=1S/C13H17ClN2O3/c1-18-19-8-13(5-2-6-13)16-12(17)9-3-4-10(14)11(15)7-9/h3-4,7H,2,5-6,8,15H2,1H3,(H,16,17). The maximum absolute atomic E-state index is 12.2. The van der Waals surface area contributed by atoms with Crippen molar-refractivity contribution in [2.45, 2.75) is 24.8 Å². The van der Waals surface area contributed by atoms with E-state index in [1.165, 1.54) is 7.11 Å². The lowest BCUT2D eigenvalue weighted by atomic mass is 9.77. The number of nitrogens with two attached hydrogens (primary N) is 1. The fraction of sp³-hybridized carbons (Fsp3) is 0.462. The highest BCUT2D eigenvalue weighted by Gasteiger charge is 2.39. The number of benzene rings is 1. The predicted octanol–water partition coefficient (Wildman–Crippen LogP) is 2.15. The van der Waals surface area contributed by atoms with Crippen LogP contribution in [0.3, 0.4) is 0 Å². The van der Waals surface area contributed by atoms with Crippen LogP contribution in [0.1, 0.15) is 29.6 Å². The second-order valence-corrected chi connectivity index (χ2v) is 5.16. The lowest BCUT2D eigenvalue weighted by molar-refractivity contribution is -0.287. The van der Waals surface area contributed by atoms with Gasteiger partial charge in [0.2, 0.25) is 0 Å². The maximum atomic E-state index is 12.2. The van der Waals surface area contributed by atoms with Gasteiger partial charge in [-0.25, -0.2) is 9.78 Å². The van der Waals surface area contributed by atoms with E-state index in [4.69, 9.17) is 22.2 Å². The smallest absolute Gasteiger partial charge is 0.251 e. The van der Waals surface area contributed by atoms with Crippen molar-refractivity contribution < 1.29 is 14.6 Å². The molecule has 0 unspecified atom stereocenters. The van der Waals surface area contributed by atoms with Crippen LogP contribution in [0.2, 0.25) is 5.02 Å². The van der Waals surface area contributed by atoms with Gasteiger partial charge in [-0.3, -0.25) is 4.79 Å². The summed E-state index contributed by atoms with van der Waals surface area (Å²) in [6.07, 6.45) is 2.83. The van der Waals surface area contributed by atoms with Gasteiger partial charge in [0.15, 0.2) is 0 Å². The summed E-state index contributed by atoms with van der Waals surface area (Å²) >= 11 is 5.83. The summed E-state index contributed by atoms with van der Waals surface area (Å²) in [5, 5.41) is 3.43. The second kappa shape index (κ2) is 5.77. The lowest BCUT2D eigenvalue weighted by Gasteiger charge is -2.41. The Morgan fingerprint density at radius 2 is 2.26 bits per heavy atom. The average Bonchev–Trinajstić information content (AvgIpc) is 2.35. The van der Waals surface area contributed by atoms with Gasteiger partial charge in [-0.1, -0.05) is 11.6 Å². The Kier molecular flexibility index (Phi) is 4.29. The van der Waals surface area contributed by atoms with Crippen molar-refractivity contribution in [3.05, 3.63) is 28.8 Å². The summed E-state index contributed by atoms with van der Waals surface area (Å²) < 4.78 is 0. The molecule has 0 aromatic heterocycles. The summed E-state index contributed by atoms with van der Waals surface area (Å²) in [5.41, 5.74) is 6.25. The van der Waals surface area contributed by atoms with E-state index in [2.05, 4.69) is 10.2 Å². The first-order valence-corrected chi connectivity index (χ1v) is 6.47. The first-order chi connectivity index (χ1) is 9.06. The highest BCUT2D eigenvalue weighted by molar-refractivity contribution is 6.33. The molecule has 104 valence electrons. The zero-order chi connectivity index (χ0) is 13.9. The molecule has 1 aliphatic carbocycles. The number of nitrogens with one attached hydrogen (secondary N) is 1. The third kappa shape index (κ3) is 3.18. The molecule has 3 N–H and O–H groups in total. The number of nitrogen functional groups attached to an aromatic ring is 1. The first-order valence-electron chi connectivity index (χ1n) is 6.09. The molecule has 0 heterocycles. The molecular weight excluding hydrogens is 268 g/mol. The topological polar surface area (TPSA) is 73.6 Å². The number of anilines is 1. The van der Waals surface area contributed by atoms with E-state index in [0.29, 0.717) is 22.9 Å². The molecule has 0 atom stereocenters. The average molecular weight is 285 g/mol. The van der Waals surface area contributed by atoms with Gasteiger partial charge in [-0.15, -0.1) is 0 Å². The van der Waals surface area contributed by atoms with Crippen molar-refractivity contribution in [3.8, 4) is 0 Å². The Morgan fingerprint density at radius 3 is 2.79 bits per heavy atom. The van der Waals surface area contributed by atoms with Gasteiger partial charge in [0.1, 0.15) is 6.61 Å². The largest absolute Gasteiger partial charge is 0.398 e. The molecule has 0 radical (unpaired) electrons. The monoisotopic (exact) mass is 284 g/mol. The van der Waals surface area contributed by atoms with Crippen LogP contribution in [0.15, 0.2) is 18.2 Å². The zero-order valence-corrected chi connectivity index (χ0v) is 11.5. The van der Waals surface area contributed by atoms with Crippen LogP contribution >= 0.6 is 11.6 Å². The van der Waals surface area contributed by atoms with Crippen molar-refractivity contribution in [2.24, 2.45) is 0 Å². The highest BCUT2D eigenvalue weighted by Crippen LogP contribution is 2.32. The molecule has 1 fully saturated rings. The first kappa shape index (κ1) is 14.1. The Hall–Kier alpha value is -1.30. The van der Waals surface area contributed by atoms with Crippen molar-refractivity contribution in [1.29, 1.82) is 0 Å². The van der Waals surface area contributed by atoms with Crippen LogP contribution in [0, 0.1) is 0 Å². The zero-order valence-electron chi connectivity index (χ0n) is 10.7. The van der Waals surface area contributed by atoms with Crippen molar-refractivity contribution >= 4 is 23.2 Å². The van der Waals surface area contributed by atoms with E-state index in [0.717, 1.165) is 19.3 Å². The minimum absolute atomic E-state index is 0.178. The third-order valence-electron chi connectivity index (χ3n) is 3.40. The van der Waals surface area contributed by atoms with E-state index >= 15 is 0 Å². The highest BCUT2D eigenvalue weighted by atomic mass is 35.5. The van der Waals surface area contributed by atoms with Crippen molar-refractivity contribution in [3.63, 3.8) is 0 Å². The fourth-order valence-corrected chi connectivity index (χ4v) is 2.20. The summed E-state index contributed by atoms with van der Waals surface area (Å²) in [6, 6.07) is 4.84. The summed E-state index contributed by atoms with van der Waals surface area (Å²) in [6.45, 7) is 0.346. The van der Waals surface area contributed by atoms with Crippen LogP contribution in [0.4, 0.5) is 5.69 Å². The fourth-order valence-electron chi connectivity index (χ4n) is 2.08. The molecule has 1 aromatic rings. The molecule has 0 saturated heterocycles. The van der Waals surface area contributed by atoms with Crippen LogP contribution in [-0.4, -0.2) is 25.2 Å². The third-order valence-corrected chi connectivity index (χ3v) is 3.74. The van der Waals surface area contributed by atoms with E-state index in [9.17, 15) is 4.79 Å². The van der Waals surface area contributed by atoms with Gasteiger partial charge < -0.3 is 11.1 Å². The number of hydrogen-bond donors (Lipinski definition) is 2. The number of hydrogen-bond acceptors (Lipinski definition) is 4. The van der Waals surface area contributed by atoms with Gasteiger partial charge in [0.05, 0.1) is 23.4 Å². The van der Waals surface area contributed by atoms with Gasteiger partial charge in [-0.2, -0.15) is 0 Å². The molecule has 0 spiro atoms. The molecule has 0 bridgehead atoms. The van der Waals surface area contributed by atoms with Crippen LogP contribution in [0.25, 0.3) is 0 Å². The number of carbonyl (C=O) groups is 1. The van der Waals surface area contributed by atoms with Crippen molar-refractivity contribution in [2.75, 3.05) is 19.5 Å². The number of amides is 1. The molecule has 19 heavy (non-hydrogen) atoms. The van der Waals surface area contributed by atoms with E-state index < -0.39 is 0 Å². The minimum Gasteiger partial charge on any atom is -0.398 e. The predicted molar refractivity (Wildman–Crippen MR) is 72.9 cm³/mol. The van der Waals surface area contributed by atoms with Crippen LogP contribution in [-0.2, 0) is 9.78 Å². The van der Waals surface area contributed by atoms with Crippen LogP contribution in [0.5, 0.6) is 0 Å². The Bertz CT molecular complexity index is 475. The summed E-state index contributed by atoms with van der Waals surface area (Å²) in [4.78, 5) is 21.7. The quantitative estimate of drug-likeness (QED) is 0.494. The van der Waals surface area contributed by atoms with Crippen LogP contribution < -0.4 is 11.1 Å². The summed E-state index contributed by atoms with van der Waals surface area (Å²) in [5.74, 6) is -0.178. The molecule has 1 saturated carbocycles. The SMILES string of the molecule is COOCC1(NC(=O)c2ccc(Cl)c(N)c2)CCC1. The molecule has 6 heteroatoms. The second-order valence-electron chi connectivity index (χ2n) is 4.75. The van der Waals surface area contributed by atoms with Gasteiger partial charge >= 0.3 is 0 Å². The van der Waals surface area contributed by atoms with Gasteiger partial charge in [0.25, 0.3) is 5.91 Å². The molecule has 2 rings (SSSR count). The summed E-state index contributed by atoms with van der Waals surface area (Å²) in [7, 11) is 1.45. The Labute approximate surface area is 116 Å². The normalized spacial score (nSPS) is 16.7. The van der Waals surface area contributed by atoms with E-state index in [-0.39, 0.29) is 11.4 Å². The van der Waals surface area contributed by atoms with Gasteiger partial charge in [-0.05, 0) is 37.5 Å². The number of halogens is 1. The lowest BCUT2D eigenvalue weighted by Crippen LogP contribution is -2.56. The molecule has 0 aliphatic heterocycles. The van der Waals surface area contributed by atoms with E-state index in [1.807, 2.05) is 0 Å². The maximum Gasteiger partial charge on any atom is 0.251 e. The molecule has 1 aromatic carbocycles. The van der Waals surface area contributed by atoms with E-state index in [1.54, 1.807) is 18.2 Å².